The molecule has 1 N–H and O–H groups in total. The Morgan fingerprint density at radius 3 is 2.68 bits per heavy atom. The van der Waals surface area contributed by atoms with Crippen LogP contribution < -0.4 is 10.1 Å². The van der Waals surface area contributed by atoms with E-state index in [1.54, 1.807) is 37.1 Å². The van der Waals surface area contributed by atoms with Crippen LogP contribution in [0.4, 0.5) is 5.69 Å². The van der Waals surface area contributed by atoms with Gasteiger partial charge in [-0.2, -0.15) is 5.26 Å². The maximum atomic E-state index is 12.4. The van der Waals surface area contributed by atoms with Gasteiger partial charge in [-0.25, -0.2) is 0 Å². The molecule has 0 aromatic heterocycles. The highest BCUT2D eigenvalue weighted by molar-refractivity contribution is 7.98. The zero-order chi connectivity index (χ0) is 18.4. The summed E-state index contributed by atoms with van der Waals surface area (Å²) in [5.74, 6) is 0.108. The Morgan fingerprint density at radius 1 is 1.28 bits per heavy atom. The Bertz CT molecular complexity index is 876. The molecule has 0 aliphatic rings. The lowest BCUT2D eigenvalue weighted by Gasteiger charge is -2.08. The summed E-state index contributed by atoms with van der Waals surface area (Å²) < 4.78 is 5.31. The highest BCUT2D eigenvalue weighted by Gasteiger charge is 2.12. The fourth-order valence-electron chi connectivity index (χ4n) is 2.04. The van der Waals surface area contributed by atoms with Crippen LogP contribution >= 0.6 is 35.0 Å². The first-order chi connectivity index (χ1) is 12.0. The quantitative estimate of drug-likeness (QED) is 0.427. The number of carbonyl (C=O) groups is 1. The second-order valence-electron chi connectivity index (χ2n) is 4.86. The minimum absolute atomic E-state index is 0.0602. The minimum Gasteiger partial charge on any atom is -0.496 e. The minimum atomic E-state index is -0.570. The Morgan fingerprint density at radius 2 is 2.04 bits per heavy atom. The Kier molecular flexibility index (Phi) is 6.77. The van der Waals surface area contributed by atoms with Crippen LogP contribution in [0.25, 0.3) is 6.08 Å². The van der Waals surface area contributed by atoms with Crippen molar-refractivity contribution in [3.05, 3.63) is 57.6 Å². The molecule has 128 valence electrons. The van der Waals surface area contributed by atoms with Gasteiger partial charge < -0.3 is 10.1 Å². The van der Waals surface area contributed by atoms with Crippen LogP contribution in [0.15, 0.2) is 46.9 Å². The Labute approximate surface area is 160 Å². The molecule has 0 fully saturated rings. The number of nitrogens with one attached hydrogen (secondary N) is 1. The molecule has 0 saturated heterocycles. The number of methoxy groups -OCH3 is 1. The predicted octanol–water partition coefficient (Wildman–Crippen LogP) is 5.27. The second kappa shape index (κ2) is 8.82. The summed E-state index contributed by atoms with van der Waals surface area (Å²) in [5, 5.41) is 12.7. The van der Waals surface area contributed by atoms with Crippen LogP contribution in [0.3, 0.4) is 0 Å². The third-order valence-electron chi connectivity index (χ3n) is 3.26. The number of nitriles is 1. The summed E-state index contributed by atoms with van der Waals surface area (Å²) >= 11 is 13.5. The van der Waals surface area contributed by atoms with Gasteiger partial charge in [0.25, 0.3) is 5.91 Å². The molecule has 2 aromatic carbocycles. The normalized spacial score (nSPS) is 10.9. The average Bonchev–Trinajstić information content (AvgIpc) is 2.62. The third-order valence-corrected chi connectivity index (χ3v) is 4.60. The number of anilines is 1. The van der Waals surface area contributed by atoms with Crippen LogP contribution in [0.1, 0.15) is 5.56 Å². The third kappa shape index (κ3) is 4.93. The maximum Gasteiger partial charge on any atom is 0.266 e. The molecule has 0 bridgehead atoms. The molecule has 0 heterocycles. The van der Waals surface area contributed by atoms with E-state index in [1.165, 1.54) is 12.1 Å². The summed E-state index contributed by atoms with van der Waals surface area (Å²) in [6.45, 7) is 0. The molecular weight excluding hydrogens is 379 g/mol. The molecular formula is C18H14Cl2N2O2S. The largest absolute Gasteiger partial charge is 0.496 e. The van der Waals surface area contributed by atoms with Crippen molar-refractivity contribution in [2.75, 3.05) is 18.7 Å². The van der Waals surface area contributed by atoms with E-state index >= 15 is 0 Å². The molecule has 4 nitrogen and oxygen atoms in total. The lowest BCUT2D eigenvalue weighted by molar-refractivity contribution is -0.112. The number of hydrogen-bond acceptors (Lipinski definition) is 4. The van der Waals surface area contributed by atoms with Gasteiger partial charge in [-0.3, -0.25) is 4.79 Å². The lowest BCUT2D eigenvalue weighted by Crippen LogP contribution is -2.13. The highest BCUT2D eigenvalue weighted by Crippen LogP contribution is 2.29. The van der Waals surface area contributed by atoms with Crippen LogP contribution in [0, 0.1) is 11.3 Å². The number of thioether (sulfide) groups is 1. The molecule has 0 radical (unpaired) electrons. The van der Waals surface area contributed by atoms with Crippen molar-refractivity contribution in [1.29, 1.82) is 5.26 Å². The van der Waals surface area contributed by atoms with Gasteiger partial charge in [0.05, 0.1) is 17.8 Å². The number of rotatable bonds is 5. The first-order valence-corrected chi connectivity index (χ1v) is 9.06. The Hall–Kier alpha value is -2.13. The first kappa shape index (κ1) is 19.2. The lowest BCUT2D eigenvalue weighted by atomic mass is 10.1. The fraction of sp³-hybridized carbons (Fsp3) is 0.111. The summed E-state index contributed by atoms with van der Waals surface area (Å²) in [6.07, 6.45) is 3.43. The van der Waals surface area contributed by atoms with E-state index in [9.17, 15) is 10.1 Å². The molecule has 1 amide bonds. The van der Waals surface area contributed by atoms with E-state index in [1.807, 2.05) is 24.5 Å². The molecule has 7 heteroatoms. The number of benzene rings is 2. The number of hydrogen-bond donors (Lipinski definition) is 1. The van der Waals surface area contributed by atoms with Gasteiger partial charge in [0.2, 0.25) is 0 Å². The number of nitrogens with zero attached hydrogens (tertiary/aromatic N) is 1. The number of carbonyl (C=O) groups excluding carboxylic acids is 1. The van der Waals surface area contributed by atoms with Crippen molar-refractivity contribution in [2.24, 2.45) is 0 Å². The van der Waals surface area contributed by atoms with Gasteiger partial charge in [-0.1, -0.05) is 29.3 Å². The fourth-order valence-corrected chi connectivity index (χ4v) is 2.93. The molecule has 0 unspecified atom stereocenters. The van der Waals surface area contributed by atoms with Crippen molar-refractivity contribution in [3.63, 3.8) is 0 Å². The van der Waals surface area contributed by atoms with Crippen molar-refractivity contribution in [1.82, 2.24) is 0 Å². The van der Waals surface area contributed by atoms with Crippen LogP contribution in [0.2, 0.25) is 10.0 Å². The van der Waals surface area contributed by atoms with Gasteiger partial charge in [0.1, 0.15) is 17.4 Å². The summed E-state index contributed by atoms with van der Waals surface area (Å²) in [7, 11) is 1.57. The molecule has 25 heavy (non-hydrogen) atoms. The molecule has 0 aliphatic heterocycles. The summed E-state index contributed by atoms with van der Waals surface area (Å²) in [4.78, 5) is 13.3. The van der Waals surface area contributed by atoms with E-state index < -0.39 is 5.91 Å². The van der Waals surface area contributed by atoms with Gasteiger partial charge in [-0.15, -0.1) is 11.8 Å². The SMILES string of the molecule is COc1cc(/C=C(/C#N)C(=O)Nc2cc(Cl)ccc2Cl)ccc1SC. The van der Waals surface area contributed by atoms with Gasteiger partial charge in [0, 0.05) is 9.92 Å². The molecule has 2 aromatic rings. The smallest absolute Gasteiger partial charge is 0.266 e. The van der Waals surface area contributed by atoms with E-state index in [2.05, 4.69) is 5.32 Å². The second-order valence-corrected chi connectivity index (χ2v) is 6.55. The first-order valence-electron chi connectivity index (χ1n) is 7.08. The van der Waals surface area contributed by atoms with Crippen LogP contribution in [-0.2, 0) is 4.79 Å². The van der Waals surface area contributed by atoms with Crippen LogP contribution in [0.5, 0.6) is 5.75 Å². The molecule has 0 atom stereocenters. The molecule has 0 spiro atoms. The van der Waals surface area contributed by atoms with Crippen LogP contribution in [-0.4, -0.2) is 19.3 Å². The van der Waals surface area contributed by atoms with Gasteiger partial charge >= 0.3 is 0 Å². The van der Waals surface area contributed by atoms with E-state index in [4.69, 9.17) is 27.9 Å². The van der Waals surface area contributed by atoms with Crippen molar-refractivity contribution >= 4 is 52.6 Å². The summed E-state index contributed by atoms with van der Waals surface area (Å²) in [6, 6.07) is 12.0. The highest BCUT2D eigenvalue weighted by atomic mass is 35.5. The zero-order valence-corrected chi connectivity index (χ0v) is 15.8. The number of halogens is 2. The topological polar surface area (TPSA) is 62.1 Å². The zero-order valence-electron chi connectivity index (χ0n) is 13.5. The van der Waals surface area contributed by atoms with Crippen molar-refractivity contribution in [3.8, 4) is 11.8 Å². The van der Waals surface area contributed by atoms with E-state index in [0.29, 0.717) is 27.0 Å². The van der Waals surface area contributed by atoms with Crippen molar-refractivity contribution < 1.29 is 9.53 Å². The average molecular weight is 393 g/mol. The summed E-state index contributed by atoms with van der Waals surface area (Å²) in [5.41, 5.74) is 0.962. The maximum absolute atomic E-state index is 12.4. The standard InChI is InChI=1S/C18H14Cl2N2O2S/c1-24-16-8-11(3-6-17(16)25-2)7-12(10-21)18(23)22-15-9-13(19)4-5-14(15)20/h3-9H,1-2H3,(H,22,23)/b12-7-. The van der Waals surface area contributed by atoms with Gasteiger partial charge in [0.15, 0.2) is 0 Å². The van der Waals surface area contributed by atoms with E-state index in [-0.39, 0.29) is 5.57 Å². The number of amides is 1. The monoisotopic (exact) mass is 392 g/mol. The molecule has 0 aliphatic carbocycles. The Balaban J connectivity index is 2.29. The van der Waals surface area contributed by atoms with Gasteiger partial charge in [-0.05, 0) is 48.2 Å². The number of ether oxygens (including phenoxy) is 1. The predicted molar refractivity (Wildman–Crippen MR) is 103 cm³/mol. The molecule has 2 rings (SSSR count). The van der Waals surface area contributed by atoms with Crippen molar-refractivity contribution in [2.45, 2.75) is 4.90 Å². The molecule has 0 saturated carbocycles. The van der Waals surface area contributed by atoms with E-state index in [0.717, 1.165) is 4.90 Å².